The first-order chi connectivity index (χ1) is 10.4. The fourth-order valence-corrected chi connectivity index (χ4v) is 3.54. The quantitative estimate of drug-likeness (QED) is 0.382. The highest BCUT2D eigenvalue weighted by Gasteiger charge is 2.45. The van der Waals surface area contributed by atoms with Crippen molar-refractivity contribution >= 4 is 13.6 Å². The van der Waals surface area contributed by atoms with Gasteiger partial charge in [0.05, 0.1) is 19.3 Å². The summed E-state index contributed by atoms with van der Waals surface area (Å²) >= 11 is 0. The second kappa shape index (κ2) is 8.79. The number of hydrogen-bond donors (Lipinski definition) is 0. The Morgan fingerprint density at radius 3 is 2.50 bits per heavy atom. The molecule has 0 radical (unpaired) electrons. The first-order valence-electron chi connectivity index (χ1n) is 7.12. The molecule has 0 bridgehead atoms. The molecule has 0 aliphatic carbocycles. The van der Waals surface area contributed by atoms with E-state index in [0.717, 1.165) is 6.42 Å². The van der Waals surface area contributed by atoms with E-state index >= 15 is 0 Å². The minimum Gasteiger partial charge on any atom is -0.467 e. The second-order valence-corrected chi connectivity index (χ2v) is 7.31. The number of carbonyl (C=O) groups excluding carboxylic acids is 1. The lowest BCUT2D eigenvalue weighted by Crippen LogP contribution is -2.44. The summed E-state index contributed by atoms with van der Waals surface area (Å²) in [5.41, 5.74) is 0. The third-order valence-corrected chi connectivity index (χ3v) is 5.63. The van der Waals surface area contributed by atoms with E-state index < -0.39 is 25.5 Å². The molecule has 1 aliphatic heterocycles. The maximum atomic E-state index is 12.5. The molecule has 0 N–H and O–H groups in total. The van der Waals surface area contributed by atoms with E-state index in [9.17, 15) is 9.36 Å². The van der Waals surface area contributed by atoms with Gasteiger partial charge in [0.1, 0.15) is 0 Å². The lowest BCUT2D eigenvalue weighted by molar-refractivity contribution is -0.166. The predicted octanol–water partition coefficient (Wildman–Crippen LogP) is 2.36. The summed E-state index contributed by atoms with van der Waals surface area (Å²) in [6.45, 7) is 6.30. The van der Waals surface area contributed by atoms with E-state index in [2.05, 4.69) is 11.3 Å². The average molecular weight is 336 g/mol. The van der Waals surface area contributed by atoms with Gasteiger partial charge in [0.25, 0.3) is 5.85 Å². The normalized spacial score (nSPS) is 25.3. The zero-order valence-corrected chi connectivity index (χ0v) is 14.4. The van der Waals surface area contributed by atoms with Crippen molar-refractivity contribution in [2.45, 2.75) is 37.8 Å². The Morgan fingerprint density at radius 1 is 1.36 bits per heavy atom. The van der Waals surface area contributed by atoms with Gasteiger partial charge >= 0.3 is 13.6 Å². The van der Waals surface area contributed by atoms with E-state index in [1.165, 1.54) is 21.3 Å². The summed E-state index contributed by atoms with van der Waals surface area (Å²) < 4.78 is 38.5. The van der Waals surface area contributed by atoms with Crippen molar-refractivity contribution in [1.29, 1.82) is 0 Å². The standard InChI is InChI=1S/C14H25O7P/c1-6-10(2)12-11(8-7-9-20-12)21-14(13(15)17-3)22(16,18-4)19-5/h6,10-12,14H,1,7-9H2,2-5H3/t10-,11+,12-,14?/m1/s1. The Balaban J connectivity index is 2.98. The van der Waals surface area contributed by atoms with Crippen molar-refractivity contribution in [2.24, 2.45) is 5.92 Å². The van der Waals surface area contributed by atoms with Gasteiger partial charge in [-0.1, -0.05) is 13.0 Å². The number of ether oxygens (including phenoxy) is 3. The monoisotopic (exact) mass is 336 g/mol. The van der Waals surface area contributed by atoms with Gasteiger partial charge in [0.2, 0.25) is 0 Å². The molecular weight excluding hydrogens is 311 g/mol. The highest BCUT2D eigenvalue weighted by Crippen LogP contribution is 2.53. The minimum atomic E-state index is -3.77. The van der Waals surface area contributed by atoms with Gasteiger partial charge in [-0.15, -0.1) is 6.58 Å². The molecule has 1 heterocycles. The summed E-state index contributed by atoms with van der Waals surface area (Å²) in [5, 5.41) is 0. The van der Waals surface area contributed by atoms with Crippen LogP contribution in [0.2, 0.25) is 0 Å². The molecule has 0 saturated carbocycles. The Morgan fingerprint density at radius 2 is 2.00 bits per heavy atom. The maximum absolute atomic E-state index is 12.5. The van der Waals surface area contributed by atoms with E-state index in [0.29, 0.717) is 13.0 Å². The molecular formula is C14H25O7P. The molecule has 22 heavy (non-hydrogen) atoms. The summed E-state index contributed by atoms with van der Waals surface area (Å²) in [6.07, 6.45) is 2.50. The number of carbonyl (C=O) groups is 1. The van der Waals surface area contributed by atoms with Crippen LogP contribution in [-0.4, -0.2) is 52.0 Å². The van der Waals surface area contributed by atoms with E-state index in [4.69, 9.17) is 18.5 Å². The topological polar surface area (TPSA) is 80.3 Å². The molecule has 0 aromatic heterocycles. The number of methoxy groups -OCH3 is 1. The van der Waals surface area contributed by atoms with Gasteiger partial charge < -0.3 is 23.3 Å². The molecule has 1 fully saturated rings. The largest absolute Gasteiger partial charge is 0.467 e. The first kappa shape index (κ1) is 19.3. The van der Waals surface area contributed by atoms with Crippen molar-refractivity contribution in [2.75, 3.05) is 27.9 Å². The van der Waals surface area contributed by atoms with Crippen LogP contribution >= 0.6 is 7.60 Å². The predicted molar refractivity (Wildman–Crippen MR) is 80.6 cm³/mol. The molecule has 0 aromatic carbocycles. The molecule has 4 atom stereocenters. The second-order valence-electron chi connectivity index (χ2n) is 5.03. The maximum Gasteiger partial charge on any atom is 0.370 e. The molecule has 1 saturated heterocycles. The Hall–Kier alpha value is -0.720. The Kier molecular flexibility index (Phi) is 7.72. The number of hydrogen-bond acceptors (Lipinski definition) is 7. The van der Waals surface area contributed by atoms with Crippen LogP contribution in [0, 0.1) is 5.92 Å². The van der Waals surface area contributed by atoms with Crippen molar-refractivity contribution in [1.82, 2.24) is 0 Å². The smallest absolute Gasteiger partial charge is 0.370 e. The summed E-state index contributed by atoms with van der Waals surface area (Å²) in [6, 6.07) is 0. The Bertz CT molecular complexity index is 417. The van der Waals surface area contributed by atoms with Crippen molar-refractivity contribution in [3.05, 3.63) is 12.7 Å². The van der Waals surface area contributed by atoms with Crippen LogP contribution in [0.4, 0.5) is 0 Å². The Labute approximate surface area is 131 Å². The van der Waals surface area contributed by atoms with E-state index in [-0.39, 0.29) is 12.0 Å². The van der Waals surface area contributed by atoms with E-state index in [1.54, 1.807) is 6.08 Å². The summed E-state index contributed by atoms with van der Waals surface area (Å²) in [4.78, 5) is 12.0. The number of esters is 1. The van der Waals surface area contributed by atoms with Crippen LogP contribution in [0.1, 0.15) is 19.8 Å². The van der Waals surface area contributed by atoms with Gasteiger partial charge in [-0.25, -0.2) is 4.79 Å². The van der Waals surface area contributed by atoms with Gasteiger partial charge in [-0.3, -0.25) is 4.57 Å². The van der Waals surface area contributed by atoms with Crippen LogP contribution in [0.3, 0.4) is 0 Å². The van der Waals surface area contributed by atoms with Gasteiger partial charge in [0, 0.05) is 26.7 Å². The van der Waals surface area contributed by atoms with Crippen LogP contribution in [0.25, 0.3) is 0 Å². The SMILES string of the molecule is C=C[C@@H](C)[C@H]1OCCC[C@@H]1OC(C(=O)OC)P(=O)(OC)OC. The van der Waals surface area contributed by atoms with Crippen LogP contribution in [-0.2, 0) is 32.6 Å². The van der Waals surface area contributed by atoms with Crippen molar-refractivity contribution in [3.63, 3.8) is 0 Å². The molecule has 1 unspecified atom stereocenters. The minimum absolute atomic E-state index is 0.0214. The fraction of sp³-hybridized carbons (Fsp3) is 0.786. The summed E-state index contributed by atoms with van der Waals surface area (Å²) in [5.74, 6) is -2.23. The lowest BCUT2D eigenvalue weighted by Gasteiger charge is -2.36. The first-order valence-corrected chi connectivity index (χ1v) is 8.73. The molecule has 1 aliphatic rings. The lowest BCUT2D eigenvalue weighted by atomic mass is 9.94. The van der Waals surface area contributed by atoms with Crippen LogP contribution in [0.5, 0.6) is 0 Å². The number of rotatable bonds is 8. The molecule has 1 rings (SSSR count). The molecule has 0 amide bonds. The van der Waals surface area contributed by atoms with Crippen molar-refractivity contribution in [3.8, 4) is 0 Å². The van der Waals surface area contributed by atoms with Crippen LogP contribution < -0.4 is 0 Å². The fourth-order valence-electron chi connectivity index (χ4n) is 2.34. The molecule has 0 spiro atoms. The zero-order valence-electron chi connectivity index (χ0n) is 13.5. The zero-order chi connectivity index (χ0) is 16.8. The average Bonchev–Trinajstić information content (AvgIpc) is 2.57. The van der Waals surface area contributed by atoms with Gasteiger partial charge in [-0.05, 0) is 12.8 Å². The summed E-state index contributed by atoms with van der Waals surface area (Å²) in [7, 11) is -0.185. The highest BCUT2D eigenvalue weighted by atomic mass is 31.2. The van der Waals surface area contributed by atoms with Crippen LogP contribution in [0.15, 0.2) is 12.7 Å². The van der Waals surface area contributed by atoms with Crippen molar-refractivity contribution < 1.29 is 32.6 Å². The molecule has 8 heteroatoms. The third kappa shape index (κ3) is 4.40. The molecule has 7 nitrogen and oxygen atoms in total. The molecule has 128 valence electrons. The van der Waals surface area contributed by atoms with Gasteiger partial charge in [0.15, 0.2) is 0 Å². The van der Waals surface area contributed by atoms with E-state index in [1.807, 2.05) is 6.92 Å². The van der Waals surface area contributed by atoms with Gasteiger partial charge in [-0.2, -0.15) is 0 Å². The molecule has 0 aromatic rings. The highest BCUT2D eigenvalue weighted by molar-refractivity contribution is 7.55. The third-order valence-electron chi connectivity index (χ3n) is 3.70.